The van der Waals surface area contributed by atoms with E-state index in [1.54, 1.807) is 27.6 Å². The van der Waals surface area contributed by atoms with Crippen LogP contribution in [0.2, 0.25) is 0 Å². The number of pyridine rings is 2. The van der Waals surface area contributed by atoms with Crippen molar-refractivity contribution in [2.45, 2.75) is 0 Å². The fraction of sp³-hybridized carbons (Fsp3) is 0.0667. The van der Waals surface area contributed by atoms with Crippen molar-refractivity contribution in [3.05, 3.63) is 58.0 Å². The molecule has 4 aromatic heterocycles. The summed E-state index contributed by atoms with van der Waals surface area (Å²) in [6.07, 6.45) is 7.13. The lowest BCUT2D eigenvalue weighted by Gasteiger charge is -2.11. The van der Waals surface area contributed by atoms with Crippen LogP contribution < -0.4 is 9.47 Å². The van der Waals surface area contributed by atoms with E-state index in [9.17, 15) is 0 Å². The van der Waals surface area contributed by atoms with Crippen LogP contribution in [0.25, 0.3) is 11.0 Å². The van der Waals surface area contributed by atoms with E-state index in [0.29, 0.717) is 11.5 Å². The van der Waals surface area contributed by atoms with Crippen molar-refractivity contribution in [3.63, 3.8) is 0 Å². The van der Waals surface area contributed by atoms with Crippen LogP contribution in [0.3, 0.4) is 0 Å². The Kier molecular flexibility index (Phi) is 3.70. The van der Waals surface area contributed by atoms with E-state index < -0.39 is 0 Å². The number of halogens is 2. The van der Waals surface area contributed by atoms with E-state index in [-0.39, 0.29) is 6.79 Å². The smallest absolute Gasteiger partial charge is 0.231 e. The molecule has 0 fully saturated rings. The standard InChI is InChI=1S/C15H10Br2N4O2/c16-10-5-15(14-2-4-18-20(14)7-10)23-9-22-11-6-12(17)13-1-3-19-21(13)8-11/h1-8H,9H2. The molecule has 4 heterocycles. The number of fused-ring (bicyclic) bond motifs is 2. The summed E-state index contributed by atoms with van der Waals surface area (Å²) in [5.41, 5.74) is 1.85. The first-order valence-corrected chi connectivity index (χ1v) is 8.31. The van der Waals surface area contributed by atoms with Gasteiger partial charge in [0.15, 0.2) is 5.75 Å². The van der Waals surface area contributed by atoms with Gasteiger partial charge in [0.1, 0.15) is 11.3 Å². The van der Waals surface area contributed by atoms with Crippen molar-refractivity contribution in [3.8, 4) is 11.5 Å². The van der Waals surface area contributed by atoms with E-state index >= 15 is 0 Å². The lowest BCUT2D eigenvalue weighted by molar-refractivity contribution is 0.120. The summed E-state index contributed by atoms with van der Waals surface area (Å²) in [5.74, 6) is 1.35. The predicted molar refractivity (Wildman–Crippen MR) is 91.9 cm³/mol. The number of hydrogen-bond donors (Lipinski definition) is 0. The fourth-order valence-corrected chi connectivity index (χ4v) is 3.23. The lowest BCUT2D eigenvalue weighted by atomic mass is 10.4. The summed E-state index contributed by atoms with van der Waals surface area (Å²) in [5, 5.41) is 8.39. The van der Waals surface area contributed by atoms with Gasteiger partial charge in [-0.25, -0.2) is 9.03 Å². The van der Waals surface area contributed by atoms with Crippen molar-refractivity contribution < 1.29 is 9.47 Å². The molecule has 0 N–H and O–H groups in total. The maximum absolute atomic E-state index is 5.74. The van der Waals surface area contributed by atoms with E-state index in [0.717, 1.165) is 20.0 Å². The minimum Gasteiger partial charge on any atom is -0.456 e. The highest BCUT2D eigenvalue weighted by Crippen LogP contribution is 2.26. The summed E-state index contributed by atoms with van der Waals surface area (Å²) in [6.45, 7) is 0.0799. The van der Waals surface area contributed by atoms with E-state index in [2.05, 4.69) is 42.1 Å². The molecule has 23 heavy (non-hydrogen) atoms. The van der Waals surface area contributed by atoms with Gasteiger partial charge in [0.05, 0.1) is 24.1 Å². The molecular formula is C15H10Br2N4O2. The first kappa shape index (κ1) is 14.5. The molecule has 6 nitrogen and oxygen atoms in total. The van der Waals surface area contributed by atoms with Crippen molar-refractivity contribution in [2.75, 3.05) is 6.79 Å². The monoisotopic (exact) mass is 436 g/mol. The van der Waals surface area contributed by atoms with Crippen molar-refractivity contribution in [1.82, 2.24) is 19.2 Å². The van der Waals surface area contributed by atoms with E-state index in [4.69, 9.17) is 9.47 Å². The highest BCUT2D eigenvalue weighted by atomic mass is 79.9. The Morgan fingerprint density at radius 2 is 1.65 bits per heavy atom. The van der Waals surface area contributed by atoms with Crippen LogP contribution >= 0.6 is 31.9 Å². The zero-order valence-corrected chi connectivity index (χ0v) is 14.9. The lowest BCUT2D eigenvalue weighted by Crippen LogP contribution is -2.07. The number of ether oxygens (including phenoxy) is 2. The Hall–Kier alpha value is -2.06. The molecule has 0 bridgehead atoms. The number of hydrogen-bond acceptors (Lipinski definition) is 4. The van der Waals surface area contributed by atoms with Crippen LogP contribution in [-0.4, -0.2) is 26.0 Å². The summed E-state index contributed by atoms with van der Waals surface area (Å²) in [4.78, 5) is 0. The summed E-state index contributed by atoms with van der Waals surface area (Å²) < 4.78 is 16.7. The van der Waals surface area contributed by atoms with Crippen molar-refractivity contribution >= 4 is 42.9 Å². The molecule has 0 aliphatic carbocycles. The Labute approximate surface area is 147 Å². The Balaban J connectivity index is 1.53. The topological polar surface area (TPSA) is 53.1 Å². The molecule has 116 valence electrons. The molecule has 0 saturated heterocycles. The van der Waals surface area contributed by atoms with Gasteiger partial charge in [-0.1, -0.05) is 0 Å². The molecule has 8 heteroatoms. The maximum atomic E-state index is 5.74. The SMILES string of the molecule is Brc1cc(OCOc2cc(Br)c3ccnn3c2)c2ccnn2c1. The summed E-state index contributed by atoms with van der Waals surface area (Å²) in [6, 6.07) is 7.57. The van der Waals surface area contributed by atoms with Crippen molar-refractivity contribution in [1.29, 1.82) is 0 Å². The molecule has 0 aliphatic rings. The second-order valence-electron chi connectivity index (χ2n) is 4.77. The minimum absolute atomic E-state index is 0.0799. The molecule has 0 aliphatic heterocycles. The van der Waals surface area contributed by atoms with Gasteiger partial charge < -0.3 is 9.47 Å². The molecule has 0 atom stereocenters. The number of rotatable bonds is 4. The zero-order valence-electron chi connectivity index (χ0n) is 11.7. The predicted octanol–water partition coefficient (Wildman–Crippen LogP) is 3.92. The second-order valence-corrected chi connectivity index (χ2v) is 6.54. The Morgan fingerprint density at radius 3 is 2.48 bits per heavy atom. The Morgan fingerprint density at radius 1 is 0.913 bits per heavy atom. The van der Waals surface area contributed by atoms with Crippen LogP contribution in [-0.2, 0) is 0 Å². The highest BCUT2D eigenvalue weighted by Gasteiger charge is 2.07. The van der Waals surface area contributed by atoms with Crippen LogP contribution in [0.15, 0.2) is 58.0 Å². The molecule has 0 radical (unpaired) electrons. The minimum atomic E-state index is 0.0799. The fourth-order valence-electron chi connectivity index (χ4n) is 2.28. The van der Waals surface area contributed by atoms with E-state index in [1.807, 2.05) is 30.5 Å². The largest absolute Gasteiger partial charge is 0.456 e. The van der Waals surface area contributed by atoms with E-state index in [1.165, 1.54) is 0 Å². The molecule has 0 amide bonds. The van der Waals surface area contributed by atoms with Gasteiger partial charge in [0, 0.05) is 15.1 Å². The van der Waals surface area contributed by atoms with Crippen LogP contribution in [0, 0.1) is 0 Å². The number of nitrogens with zero attached hydrogens (tertiary/aromatic N) is 4. The summed E-state index contributed by atoms with van der Waals surface area (Å²) in [7, 11) is 0. The van der Waals surface area contributed by atoms with Gasteiger partial charge in [-0.3, -0.25) is 0 Å². The summed E-state index contributed by atoms with van der Waals surface area (Å²) >= 11 is 6.94. The van der Waals surface area contributed by atoms with Crippen molar-refractivity contribution in [2.24, 2.45) is 0 Å². The van der Waals surface area contributed by atoms with Crippen LogP contribution in [0.4, 0.5) is 0 Å². The van der Waals surface area contributed by atoms with Gasteiger partial charge >= 0.3 is 0 Å². The van der Waals surface area contributed by atoms with Gasteiger partial charge in [0.25, 0.3) is 0 Å². The average molecular weight is 438 g/mol. The first-order chi connectivity index (χ1) is 11.2. The second kappa shape index (κ2) is 5.86. The maximum Gasteiger partial charge on any atom is 0.231 e. The number of aromatic nitrogens is 4. The molecule has 0 aromatic carbocycles. The van der Waals surface area contributed by atoms with Crippen LogP contribution in [0.5, 0.6) is 11.5 Å². The Bertz CT molecular complexity index is 996. The van der Waals surface area contributed by atoms with Gasteiger partial charge in [0.2, 0.25) is 6.79 Å². The molecular weight excluding hydrogens is 428 g/mol. The van der Waals surface area contributed by atoms with Gasteiger partial charge in [-0.2, -0.15) is 10.2 Å². The third-order valence-electron chi connectivity index (χ3n) is 3.31. The molecule has 4 rings (SSSR count). The normalized spacial score (nSPS) is 11.2. The molecule has 4 aromatic rings. The van der Waals surface area contributed by atoms with Crippen LogP contribution in [0.1, 0.15) is 0 Å². The average Bonchev–Trinajstić information content (AvgIpc) is 3.15. The molecule has 0 spiro atoms. The highest BCUT2D eigenvalue weighted by molar-refractivity contribution is 9.11. The third-order valence-corrected chi connectivity index (χ3v) is 4.38. The molecule has 0 unspecified atom stereocenters. The first-order valence-electron chi connectivity index (χ1n) is 6.72. The van der Waals surface area contributed by atoms with Gasteiger partial charge in [-0.05, 0) is 56.1 Å². The third kappa shape index (κ3) is 2.79. The quantitative estimate of drug-likeness (QED) is 0.454. The van der Waals surface area contributed by atoms with Gasteiger partial charge in [-0.15, -0.1) is 0 Å². The zero-order chi connectivity index (χ0) is 15.8. The molecule has 0 saturated carbocycles.